The third-order valence-corrected chi connectivity index (χ3v) is 3.88. The standard InChI is InChI=1S/C15H19N3O/c1-19-11-5-4-10(9-11)18-14-7-6-13(16)15-12(14)3-2-8-17-15/h2-3,6-8,10-11,18H,4-5,9,16H2,1H3. The van der Waals surface area contributed by atoms with E-state index >= 15 is 0 Å². The maximum absolute atomic E-state index is 5.97. The summed E-state index contributed by atoms with van der Waals surface area (Å²) in [4.78, 5) is 4.36. The van der Waals surface area contributed by atoms with Crippen LogP contribution in [-0.4, -0.2) is 24.2 Å². The van der Waals surface area contributed by atoms with Crippen molar-refractivity contribution in [2.24, 2.45) is 0 Å². The molecule has 0 bridgehead atoms. The number of methoxy groups -OCH3 is 1. The Labute approximate surface area is 113 Å². The van der Waals surface area contributed by atoms with Gasteiger partial charge < -0.3 is 15.8 Å². The van der Waals surface area contributed by atoms with Crippen molar-refractivity contribution in [1.29, 1.82) is 0 Å². The fourth-order valence-electron chi connectivity index (χ4n) is 2.83. The Hall–Kier alpha value is -1.81. The molecule has 19 heavy (non-hydrogen) atoms. The maximum Gasteiger partial charge on any atom is 0.0951 e. The van der Waals surface area contributed by atoms with Gasteiger partial charge >= 0.3 is 0 Å². The van der Waals surface area contributed by atoms with Crippen LogP contribution in [0.1, 0.15) is 19.3 Å². The number of pyridine rings is 1. The Morgan fingerprint density at radius 3 is 3.00 bits per heavy atom. The number of fused-ring (bicyclic) bond motifs is 1. The van der Waals surface area contributed by atoms with Crippen LogP contribution in [0.25, 0.3) is 10.9 Å². The molecule has 2 unspecified atom stereocenters. The van der Waals surface area contributed by atoms with E-state index in [9.17, 15) is 0 Å². The van der Waals surface area contributed by atoms with Gasteiger partial charge in [-0.15, -0.1) is 0 Å². The molecule has 0 amide bonds. The van der Waals surface area contributed by atoms with Crippen LogP contribution in [0, 0.1) is 0 Å². The van der Waals surface area contributed by atoms with Crippen LogP contribution in [0.2, 0.25) is 0 Å². The average molecular weight is 257 g/mol. The molecule has 2 aromatic rings. The van der Waals surface area contributed by atoms with E-state index in [2.05, 4.69) is 16.4 Å². The van der Waals surface area contributed by atoms with Crippen LogP contribution < -0.4 is 11.1 Å². The minimum atomic E-state index is 0.385. The van der Waals surface area contributed by atoms with Gasteiger partial charge in [-0.05, 0) is 43.5 Å². The largest absolute Gasteiger partial charge is 0.397 e. The lowest BCUT2D eigenvalue weighted by molar-refractivity contribution is 0.108. The van der Waals surface area contributed by atoms with E-state index in [0.717, 1.165) is 41.5 Å². The van der Waals surface area contributed by atoms with Crippen molar-refractivity contribution < 1.29 is 4.74 Å². The Morgan fingerprint density at radius 2 is 2.21 bits per heavy atom. The first-order valence-corrected chi connectivity index (χ1v) is 6.70. The first kappa shape index (κ1) is 12.2. The third kappa shape index (κ3) is 2.36. The summed E-state index contributed by atoms with van der Waals surface area (Å²) in [6, 6.07) is 8.43. The number of aromatic nitrogens is 1. The van der Waals surface area contributed by atoms with Crippen LogP contribution in [0.15, 0.2) is 30.5 Å². The molecule has 100 valence electrons. The van der Waals surface area contributed by atoms with E-state index in [1.807, 2.05) is 18.2 Å². The summed E-state index contributed by atoms with van der Waals surface area (Å²) < 4.78 is 5.41. The van der Waals surface area contributed by atoms with Crippen molar-refractivity contribution in [3.05, 3.63) is 30.5 Å². The summed E-state index contributed by atoms with van der Waals surface area (Å²) in [6.07, 6.45) is 5.49. The van der Waals surface area contributed by atoms with Gasteiger partial charge in [0.25, 0.3) is 0 Å². The second-order valence-electron chi connectivity index (χ2n) is 5.11. The molecule has 0 saturated heterocycles. The lowest BCUT2D eigenvalue weighted by atomic mass is 10.1. The van der Waals surface area contributed by atoms with Crippen molar-refractivity contribution in [2.75, 3.05) is 18.2 Å². The lowest BCUT2D eigenvalue weighted by Crippen LogP contribution is -2.17. The Morgan fingerprint density at radius 1 is 1.32 bits per heavy atom. The zero-order valence-electron chi connectivity index (χ0n) is 11.1. The second-order valence-corrected chi connectivity index (χ2v) is 5.11. The number of nitrogens with one attached hydrogen (secondary N) is 1. The highest BCUT2D eigenvalue weighted by molar-refractivity contribution is 5.98. The van der Waals surface area contributed by atoms with Crippen molar-refractivity contribution in [3.8, 4) is 0 Å². The summed E-state index contributed by atoms with van der Waals surface area (Å²) in [6.45, 7) is 0. The van der Waals surface area contributed by atoms with Crippen molar-refractivity contribution in [2.45, 2.75) is 31.4 Å². The molecule has 1 fully saturated rings. The molecule has 1 aromatic carbocycles. The number of anilines is 2. The molecule has 4 heteroatoms. The van der Waals surface area contributed by atoms with Gasteiger partial charge in [0.2, 0.25) is 0 Å². The fourth-order valence-corrected chi connectivity index (χ4v) is 2.83. The summed E-state index contributed by atoms with van der Waals surface area (Å²) in [5, 5.41) is 4.69. The summed E-state index contributed by atoms with van der Waals surface area (Å²) in [5.74, 6) is 0. The average Bonchev–Trinajstić information content (AvgIpc) is 2.90. The molecular weight excluding hydrogens is 238 g/mol. The van der Waals surface area contributed by atoms with Crippen LogP contribution >= 0.6 is 0 Å². The Balaban J connectivity index is 1.87. The minimum Gasteiger partial charge on any atom is -0.397 e. The van der Waals surface area contributed by atoms with Crippen LogP contribution in [0.4, 0.5) is 11.4 Å². The van der Waals surface area contributed by atoms with Gasteiger partial charge in [0, 0.05) is 30.4 Å². The quantitative estimate of drug-likeness (QED) is 0.830. The highest BCUT2D eigenvalue weighted by atomic mass is 16.5. The monoisotopic (exact) mass is 257 g/mol. The maximum atomic E-state index is 5.97. The van der Waals surface area contributed by atoms with E-state index in [1.165, 1.54) is 0 Å². The van der Waals surface area contributed by atoms with E-state index in [0.29, 0.717) is 12.1 Å². The van der Waals surface area contributed by atoms with Gasteiger partial charge in [-0.2, -0.15) is 0 Å². The summed E-state index contributed by atoms with van der Waals surface area (Å²) in [7, 11) is 1.79. The predicted molar refractivity (Wildman–Crippen MR) is 78.2 cm³/mol. The van der Waals surface area contributed by atoms with E-state index in [1.54, 1.807) is 13.3 Å². The lowest BCUT2D eigenvalue weighted by Gasteiger charge is -2.16. The molecule has 0 radical (unpaired) electrons. The molecule has 1 aromatic heterocycles. The molecule has 1 saturated carbocycles. The zero-order chi connectivity index (χ0) is 13.2. The topological polar surface area (TPSA) is 60.2 Å². The number of rotatable bonds is 3. The molecule has 1 heterocycles. The molecule has 4 nitrogen and oxygen atoms in total. The SMILES string of the molecule is COC1CCC(Nc2ccc(N)c3ncccc23)C1. The summed E-state index contributed by atoms with van der Waals surface area (Å²) >= 11 is 0. The molecule has 0 spiro atoms. The van der Waals surface area contributed by atoms with Crippen molar-refractivity contribution in [1.82, 2.24) is 4.98 Å². The third-order valence-electron chi connectivity index (χ3n) is 3.88. The zero-order valence-corrected chi connectivity index (χ0v) is 11.1. The van der Waals surface area contributed by atoms with Gasteiger partial charge in [0.05, 0.1) is 17.3 Å². The van der Waals surface area contributed by atoms with E-state index in [4.69, 9.17) is 10.5 Å². The van der Waals surface area contributed by atoms with E-state index in [-0.39, 0.29) is 0 Å². The predicted octanol–water partition coefficient (Wildman–Crippen LogP) is 2.80. The normalized spacial score (nSPS) is 22.8. The van der Waals surface area contributed by atoms with Gasteiger partial charge in [-0.1, -0.05) is 0 Å². The van der Waals surface area contributed by atoms with E-state index < -0.39 is 0 Å². The number of nitrogen functional groups attached to an aromatic ring is 1. The molecule has 1 aliphatic rings. The molecule has 1 aliphatic carbocycles. The summed E-state index contributed by atoms with van der Waals surface area (Å²) in [5.41, 5.74) is 8.67. The van der Waals surface area contributed by atoms with Crippen LogP contribution in [-0.2, 0) is 4.74 Å². The number of hydrogen-bond acceptors (Lipinski definition) is 4. The van der Waals surface area contributed by atoms with Gasteiger partial charge in [0.1, 0.15) is 0 Å². The smallest absolute Gasteiger partial charge is 0.0951 e. The molecule has 3 rings (SSSR count). The fraction of sp³-hybridized carbons (Fsp3) is 0.400. The van der Waals surface area contributed by atoms with Gasteiger partial charge in [-0.3, -0.25) is 4.98 Å². The first-order valence-electron chi connectivity index (χ1n) is 6.70. The van der Waals surface area contributed by atoms with Crippen molar-refractivity contribution >= 4 is 22.3 Å². The van der Waals surface area contributed by atoms with Crippen LogP contribution in [0.5, 0.6) is 0 Å². The van der Waals surface area contributed by atoms with Crippen LogP contribution in [0.3, 0.4) is 0 Å². The number of benzene rings is 1. The highest BCUT2D eigenvalue weighted by Crippen LogP contribution is 2.30. The molecule has 3 N–H and O–H groups in total. The number of nitrogens with two attached hydrogens (primary N) is 1. The minimum absolute atomic E-state index is 0.385. The highest BCUT2D eigenvalue weighted by Gasteiger charge is 2.24. The first-order chi connectivity index (χ1) is 9.28. The Bertz CT molecular complexity index is 585. The van der Waals surface area contributed by atoms with Gasteiger partial charge in [0.15, 0.2) is 0 Å². The molecular formula is C15H19N3O. The molecule has 0 aliphatic heterocycles. The number of nitrogens with zero attached hydrogens (tertiary/aromatic N) is 1. The Kier molecular flexibility index (Phi) is 3.25. The number of ether oxygens (including phenoxy) is 1. The number of hydrogen-bond donors (Lipinski definition) is 2. The van der Waals surface area contributed by atoms with Crippen molar-refractivity contribution in [3.63, 3.8) is 0 Å². The molecule has 2 atom stereocenters. The second kappa shape index (κ2) is 5.05. The van der Waals surface area contributed by atoms with Gasteiger partial charge in [-0.25, -0.2) is 0 Å².